The lowest BCUT2D eigenvalue weighted by Gasteiger charge is -2.24. The van der Waals surface area contributed by atoms with Gasteiger partial charge in [-0.15, -0.1) is 0 Å². The van der Waals surface area contributed by atoms with Crippen LogP contribution in [0.3, 0.4) is 0 Å². The Morgan fingerprint density at radius 2 is 2.28 bits per heavy atom. The third-order valence-electron chi connectivity index (χ3n) is 4.10. The average molecular weight is 245 g/mol. The first kappa shape index (κ1) is 11.4. The summed E-state index contributed by atoms with van der Waals surface area (Å²) in [5.41, 5.74) is 1.42. The Balaban J connectivity index is 2.02. The van der Waals surface area contributed by atoms with Crippen LogP contribution >= 0.6 is 0 Å². The number of aryl methyl sites for hydroxylation is 1. The van der Waals surface area contributed by atoms with E-state index in [0.717, 1.165) is 24.6 Å². The van der Waals surface area contributed by atoms with Crippen molar-refractivity contribution in [3.63, 3.8) is 0 Å². The van der Waals surface area contributed by atoms with Gasteiger partial charge in [-0.1, -0.05) is 13.8 Å². The highest BCUT2D eigenvalue weighted by atomic mass is 15.4. The Hall–Kier alpha value is -1.65. The number of aromatic nitrogens is 4. The first-order chi connectivity index (χ1) is 8.61. The van der Waals surface area contributed by atoms with Gasteiger partial charge in [0.15, 0.2) is 0 Å². The molecular formula is C13H19N5. The SMILES string of the molecule is CCC1(C)CCN(c2cc(C)nc3ncnn23)C1. The molecule has 0 N–H and O–H groups in total. The first-order valence-corrected chi connectivity index (χ1v) is 6.54. The second-order valence-corrected chi connectivity index (χ2v) is 5.56. The molecule has 0 amide bonds. The Morgan fingerprint density at radius 1 is 1.44 bits per heavy atom. The zero-order valence-electron chi connectivity index (χ0n) is 11.2. The van der Waals surface area contributed by atoms with Gasteiger partial charge in [-0.2, -0.15) is 14.6 Å². The standard InChI is InChI=1S/C13H19N5/c1-4-13(3)5-6-17(8-13)11-7-10(2)16-12-14-9-15-18(11)12/h7,9H,4-6,8H2,1-3H3. The summed E-state index contributed by atoms with van der Waals surface area (Å²) in [7, 11) is 0. The molecule has 1 fully saturated rings. The smallest absolute Gasteiger partial charge is 0.254 e. The molecule has 96 valence electrons. The molecule has 2 aromatic rings. The minimum atomic E-state index is 0.421. The van der Waals surface area contributed by atoms with Crippen molar-refractivity contribution in [3.05, 3.63) is 18.1 Å². The number of fused-ring (bicyclic) bond motifs is 1. The molecule has 0 aromatic carbocycles. The highest BCUT2D eigenvalue weighted by Crippen LogP contribution is 2.35. The molecule has 3 heterocycles. The van der Waals surface area contributed by atoms with E-state index in [1.807, 2.05) is 11.4 Å². The molecule has 1 unspecified atom stereocenters. The van der Waals surface area contributed by atoms with Crippen molar-refractivity contribution in [2.75, 3.05) is 18.0 Å². The van der Waals surface area contributed by atoms with Crippen LogP contribution in [0.2, 0.25) is 0 Å². The summed E-state index contributed by atoms with van der Waals surface area (Å²) in [5, 5.41) is 4.28. The van der Waals surface area contributed by atoms with Gasteiger partial charge in [-0.25, -0.2) is 4.98 Å². The van der Waals surface area contributed by atoms with E-state index in [2.05, 4.69) is 39.9 Å². The largest absolute Gasteiger partial charge is 0.356 e. The number of hydrogen-bond acceptors (Lipinski definition) is 4. The Kier molecular flexibility index (Phi) is 2.50. The molecule has 3 rings (SSSR count). The van der Waals surface area contributed by atoms with Crippen LogP contribution in [-0.4, -0.2) is 32.7 Å². The summed E-state index contributed by atoms with van der Waals surface area (Å²) in [5.74, 6) is 1.81. The summed E-state index contributed by atoms with van der Waals surface area (Å²) < 4.78 is 1.84. The summed E-state index contributed by atoms with van der Waals surface area (Å²) in [6.07, 6.45) is 4.02. The molecule has 1 aliphatic rings. The minimum absolute atomic E-state index is 0.421. The lowest BCUT2D eigenvalue weighted by atomic mass is 9.87. The maximum atomic E-state index is 4.39. The Labute approximate surface area is 107 Å². The molecular weight excluding hydrogens is 226 g/mol. The van der Waals surface area contributed by atoms with Crippen molar-refractivity contribution in [2.45, 2.75) is 33.6 Å². The van der Waals surface area contributed by atoms with E-state index in [-0.39, 0.29) is 0 Å². The molecule has 1 atom stereocenters. The number of anilines is 1. The van der Waals surface area contributed by atoms with Gasteiger partial charge >= 0.3 is 0 Å². The highest BCUT2D eigenvalue weighted by Gasteiger charge is 2.33. The molecule has 2 aromatic heterocycles. The second-order valence-electron chi connectivity index (χ2n) is 5.56. The van der Waals surface area contributed by atoms with E-state index in [4.69, 9.17) is 0 Å². The van der Waals surface area contributed by atoms with Crippen LogP contribution < -0.4 is 4.90 Å². The fourth-order valence-electron chi connectivity index (χ4n) is 2.64. The molecule has 1 saturated heterocycles. The van der Waals surface area contributed by atoms with E-state index < -0.39 is 0 Å². The fourth-order valence-corrected chi connectivity index (χ4v) is 2.64. The van der Waals surface area contributed by atoms with Crippen molar-refractivity contribution in [3.8, 4) is 0 Å². The molecule has 5 heteroatoms. The first-order valence-electron chi connectivity index (χ1n) is 6.54. The fraction of sp³-hybridized carbons (Fsp3) is 0.615. The second kappa shape index (κ2) is 3.93. The number of nitrogens with zero attached hydrogens (tertiary/aromatic N) is 5. The van der Waals surface area contributed by atoms with Gasteiger partial charge in [0.2, 0.25) is 0 Å². The Bertz CT molecular complexity index is 576. The topological polar surface area (TPSA) is 46.3 Å². The maximum Gasteiger partial charge on any atom is 0.254 e. The predicted molar refractivity (Wildman–Crippen MR) is 70.7 cm³/mol. The van der Waals surface area contributed by atoms with Gasteiger partial charge in [-0.05, 0) is 25.2 Å². The van der Waals surface area contributed by atoms with Crippen molar-refractivity contribution in [2.24, 2.45) is 5.41 Å². The zero-order valence-corrected chi connectivity index (χ0v) is 11.2. The normalized spacial score (nSPS) is 24.1. The summed E-state index contributed by atoms with van der Waals surface area (Å²) in [6.45, 7) is 8.81. The van der Waals surface area contributed by atoms with Crippen LogP contribution in [0, 0.1) is 12.3 Å². The molecule has 0 saturated carbocycles. The van der Waals surface area contributed by atoms with Crippen molar-refractivity contribution in [1.29, 1.82) is 0 Å². The lowest BCUT2D eigenvalue weighted by molar-refractivity contribution is 0.355. The molecule has 0 bridgehead atoms. The van der Waals surface area contributed by atoms with Gasteiger partial charge < -0.3 is 4.90 Å². The van der Waals surface area contributed by atoms with Crippen LogP contribution in [-0.2, 0) is 0 Å². The summed E-state index contributed by atoms with van der Waals surface area (Å²) >= 11 is 0. The zero-order chi connectivity index (χ0) is 12.8. The minimum Gasteiger partial charge on any atom is -0.356 e. The molecule has 1 aliphatic heterocycles. The van der Waals surface area contributed by atoms with Crippen LogP contribution in [0.15, 0.2) is 12.4 Å². The van der Waals surface area contributed by atoms with Gasteiger partial charge in [0.05, 0.1) is 0 Å². The van der Waals surface area contributed by atoms with Gasteiger partial charge in [0, 0.05) is 24.8 Å². The number of rotatable bonds is 2. The summed E-state index contributed by atoms with van der Waals surface area (Å²) in [4.78, 5) is 11.0. The molecule has 0 radical (unpaired) electrons. The lowest BCUT2D eigenvalue weighted by Crippen LogP contribution is -2.26. The maximum absolute atomic E-state index is 4.39. The van der Waals surface area contributed by atoms with Crippen molar-refractivity contribution < 1.29 is 0 Å². The average Bonchev–Trinajstić information content (AvgIpc) is 2.95. The van der Waals surface area contributed by atoms with E-state index >= 15 is 0 Å². The third kappa shape index (κ3) is 1.74. The van der Waals surface area contributed by atoms with Crippen LogP contribution in [0.1, 0.15) is 32.4 Å². The van der Waals surface area contributed by atoms with Crippen molar-refractivity contribution in [1.82, 2.24) is 19.6 Å². The quantitative estimate of drug-likeness (QED) is 0.812. The predicted octanol–water partition coefficient (Wildman–Crippen LogP) is 2.06. The van der Waals surface area contributed by atoms with E-state index in [0.29, 0.717) is 11.2 Å². The van der Waals surface area contributed by atoms with E-state index in [9.17, 15) is 0 Å². The van der Waals surface area contributed by atoms with Crippen LogP contribution in [0.4, 0.5) is 5.82 Å². The third-order valence-corrected chi connectivity index (χ3v) is 4.10. The van der Waals surface area contributed by atoms with E-state index in [1.165, 1.54) is 12.8 Å². The Morgan fingerprint density at radius 3 is 3.00 bits per heavy atom. The van der Waals surface area contributed by atoms with E-state index in [1.54, 1.807) is 6.33 Å². The molecule has 0 spiro atoms. The summed E-state index contributed by atoms with van der Waals surface area (Å²) in [6, 6.07) is 2.10. The van der Waals surface area contributed by atoms with Gasteiger partial charge in [0.1, 0.15) is 12.1 Å². The van der Waals surface area contributed by atoms with Gasteiger partial charge in [-0.3, -0.25) is 0 Å². The van der Waals surface area contributed by atoms with Crippen molar-refractivity contribution >= 4 is 11.6 Å². The molecule has 18 heavy (non-hydrogen) atoms. The van der Waals surface area contributed by atoms with Crippen LogP contribution in [0.5, 0.6) is 0 Å². The van der Waals surface area contributed by atoms with Crippen LogP contribution in [0.25, 0.3) is 5.78 Å². The molecule has 0 aliphatic carbocycles. The van der Waals surface area contributed by atoms with Gasteiger partial charge in [0.25, 0.3) is 5.78 Å². The number of hydrogen-bond donors (Lipinski definition) is 0. The molecule has 5 nitrogen and oxygen atoms in total. The highest BCUT2D eigenvalue weighted by molar-refractivity contribution is 5.48. The monoisotopic (exact) mass is 245 g/mol.